The van der Waals surface area contributed by atoms with Gasteiger partial charge in [-0.25, -0.2) is 19.6 Å². The summed E-state index contributed by atoms with van der Waals surface area (Å²) in [6.45, 7) is 13.3. The molecule has 0 spiro atoms. The summed E-state index contributed by atoms with van der Waals surface area (Å²) in [7, 11) is 2.84. The highest BCUT2D eigenvalue weighted by Crippen LogP contribution is 2.30. The summed E-state index contributed by atoms with van der Waals surface area (Å²) < 4.78 is 22.2. The lowest BCUT2D eigenvalue weighted by Gasteiger charge is -2.35. The van der Waals surface area contributed by atoms with Crippen LogP contribution in [-0.4, -0.2) is 77.9 Å². The molecule has 1 aliphatic rings. The summed E-state index contributed by atoms with van der Waals surface area (Å²) in [4.78, 5) is 50.4. The zero-order chi connectivity index (χ0) is 31.9. The van der Waals surface area contributed by atoms with Gasteiger partial charge < -0.3 is 29.2 Å². The third-order valence-corrected chi connectivity index (χ3v) is 7.33. The van der Waals surface area contributed by atoms with Crippen molar-refractivity contribution in [1.82, 2.24) is 20.2 Å². The second kappa shape index (κ2) is 14.4. The first kappa shape index (κ1) is 33.4. The Labute approximate surface area is 254 Å². The first-order valence-electron chi connectivity index (χ1n) is 14.7. The van der Waals surface area contributed by atoms with E-state index in [1.807, 2.05) is 41.5 Å². The molecule has 2 aromatic rings. The molecule has 1 aromatic carbocycles. The topological polar surface area (TPSA) is 129 Å². The molecular weight excluding hydrogens is 552 g/mol. The van der Waals surface area contributed by atoms with Crippen molar-refractivity contribution in [2.45, 2.75) is 92.0 Å². The molecule has 4 atom stereocenters. The van der Waals surface area contributed by atoms with Gasteiger partial charge in [0, 0.05) is 18.9 Å². The zero-order valence-electron chi connectivity index (χ0n) is 26.6. The largest absolute Gasteiger partial charge is 0.497 e. The molecule has 2 heterocycles. The number of likely N-dealkylation sites (tertiary alicyclic amines) is 1. The SMILES string of the molecule is CCCC#Cc1nc2ccc(OC)cc2nc1OC1C[C@@H](C(=O)OC)N(C(=O)[C@@H](NC(=O)O[C@H](C)C(C)C)C(C)(C)C)C1. The van der Waals surface area contributed by atoms with E-state index in [0.29, 0.717) is 28.9 Å². The molecule has 1 unspecified atom stereocenters. The van der Waals surface area contributed by atoms with Gasteiger partial charge in [-0.3, -0.25) is 4.79 Å². The Balaban J connectivity index is 1.93. The number of methoxy groups -OCH3 is 2. The number of unbranched alkanes of at least 4 members (excludes halogenated alkanes) is 1. The molecule has 11 heteroatoms. The maximum Gasteiger partial charge on any atom is 0.408 e. The molecule has 1 saturated heterocycles. The number of alkyl carbamates (subject to hydrolysis) is 1. The van der Waals surface area contributed by atoms with E-state index in [0.717, 1.165) is 6.42 Å². The second-order valence-corrected chi connectivity index (χ2v) is 12.1. The number of amides is 2. The van der Waals surface area contributed by atoms with E-state index in [9.17, 15) is 14.4 Å². The summed E-state index contributed by atoms with van der Waals surface area (Å²) in [6.07, 6.45) is 0.0513. The fourth-order valence-electron chi connectivity index (χ4n) is 4.49. The number of aromatic nitrogens is 2. The Kier molecular flexibility index (Phi) is 11.2. The van der Waals surface area contributed by atoms with Gasteiger partial charge >= 0.3 is 12.1 Å². The predicted molar refractivity (Wildman–Crippen MR) is 162 cm³/mol. The minimum absolute atomic E-state index is 0.0595. The van der Waals surface area contributed by atoms with Crippen LogP contribution in [0.15, 0.2) is 18.2 Å². The normalized spacial score (nSPS) is 18.0. The first-order valence-corrected chi connectivity index (χ1v) is 14.7. The molecular formula is C32H44N4O7. The Hall–Kier alpha value is -4.07. The molecule has 1 aliphatic heterocycles. The van der Waals surface area contributed by atoms with E-state index in [-0.39, 0.29) is 30.9 Å². The van der Waals surface area contributed by atoms with Gasteiger partial charge in [0.15, 0.2) is 5.69 Å². The van der Waals surface area contributed by atoms with Crippen molar-refractivity contribution >= 4 is 29.0 Å². The van der Waals surface area contributed by atoms with Crippen LogP contribution in [-0.2, 0) is 19.1 Å². The minimum atomic E-state index is -0.978. The van der Waals surface area contributed by atoms with Crippen LogP contribution in [0, 0.1) is 23.2 Å². The molecule has 3 rings (SSSR count). The smallest absolute Gasteiger partial charge is 0.408 e. The van der Waals surface area contributed by atoms with Gasteiger partial charge in [0.25, 0.3) is 0 Å². The van der Waals surface area contributed by atoms with E-state index < -0.39 is 41.6 Å². The van der Waals surface area contributed by atoms with Crippen molar-refractivity contribution in [3.8, 4) is 23.5 Å². The third-order valence-electron chi connectivity index (χ3n) is 7.33. The van der Waals surface area contributed by atoms with Crippen molar-refractivity contribution in [1.29, 1.82) is 0 Å². The Morgan fingerprint density at radius 2 is 1.84 bits per heavy atom. The highest BCUT2D eigenvalue weighted by Gasteiger charge is 2.46. The summed E-state index contributed by atoms with van der Waals surface area (Å²) in [5.74, 6) is 6.03. The van der Waals surface area contributed by atoms with Gasteiger partial charge in [0.1, 0.15) is 30.0 Å². The van der Waals surface area contributed by atoms with Crippen LogP contribution in [0.2, 0.25) is 0 Å². The van der Waals surface area contributed by atoms with Crippen molar-refractivity contribution in [3.63, 3.8) is 0 Å². The van der Waals surface area contributed by atoms with Crippen LogP contribution >= 0.6 is 0 Å². The number of ether oxygens (including phenoxy) is 4. The maximum atomic E-state index is 14.0. The first-order chi connectivity index (χ1) is 20.3. The molecule has 0 radical (unpaired) electrons. The predicted octanol–water partition coefficient (Wildman–Crippen LogP) is 4.50. The quantitative estimate of drug-likeness (QED) is 0.329. The van der Waals surface area contributed by atoms with Gasteiger partial charge in [0.05, 0.1) is 31.8 Å². The van der Waals surface area contributed by atoms with Crippen molar-refractivity contribution < 1.29 is 33.3 Å². The van der Waals surface area contributed by atoms with Gasteiger partial charge in [0.2, 0.25) is 11.8 Å². The average Bonchev–Trinajstić information content (AvgIpc) is 3.38. The molecule has 1 aromatic heterocycles. The molecule has 1 N–H and O–H groups in total. The van der Waals surface area contributed by atoms with Crippen molar-refractivity contribution in [2.75, 3.05) is 20.8 Å². The number of nitrogens with one attached hydrogen (secondary N) is 1. The van der Waals surface area contributed by atoms with Crippen LogP contribution in [0.5, 0.6) is 11.6 Å². The van der Waals surface area contributed by atoms with Crippen LogP contribution in [0.1, 0.15) is 73.4 Å². The number of hydrogen-bond acceptors (Lipinski definition) is 9. The zero-order valence-corrected chi connectivity index (χ0v) is 26.6. The van der Waals surface area contributed by atoms with Gasteiger partial charge in [-0.2, -0.15) is 0 Å². The summed E-state index contributed by atoms with van der Waals surface area (Å²) in [5.41, 5.74) is 0.850. The van der Waals surface area contributed by atoms with Crippen LogP contribution in [0.25, 0.3) is 11.0 Å². The fraction of sp³-hybridized carbons (Fsp3) is 0.594. The van der Waals surface area contributed by atoms with E-state index in [1.165, 1.54) is 12.0 Å². The van der Waals surface area contributed by atoms with Crippen LogP contribution < -0.4 is 14.8 Å². The number of fused-ring (bicyclic) bond motifs is 1. The van der Waals surface area contributed by atoms with E-state index in [2.05, 4.69) is 27.1 Å². The highest BCUT2D eigenvalue weighted by atomic mass is 16.6. The number of esters is 1. The van der Waals surface area contributed by atoms with E-state index in [1.54, 1.807) is 32.2 Å². The van der Waals surface area contributed by atoms with Crippen molar-refractivity contribution in [2.24, 2.45) is 11.3 Å². The molecule has 11 nitrogen and oxygen atoms in total. The molecule has 234 valence electrons. The number of carbonyl (C=O) groups is 3. The van der Waals surface area contributed by atoms with Crippen LogP contribution in [0.4, 0.5) is 4.79 Å². The minimum Gasteiger partial charge on any atom is -0.497 e. The fourth-order valence-corrected chi connectivity index (χ4v) is 4.49. The Bertz CT molecular complexity index is 1380. The number of nitrogens with zero attached hydrogens (tertiary/aromatic N) is 3. The molecule has 0 saturated carbocycles. The second-order valence-electron chi connectivity index (χ2n) is 12.1. The Morgan fingerprint density at radius 3 is 2.44 bits per heavy atom. The highest BCUT2D eigenvalue weighted by molar-refractivity contribution is 5.91. The number of hydrogen-bond donors (Lipinski definition) is 1. The summed E-state index contributed by atoms with van der Waals surface area (Å²) in [6, 6.07) is 3.43. The number of rotatable bonds is 9. The summed E-state index contributed by atoms with van der Waals surface area (Å²) in [5, 5.41) is 2.73. The lowest BCUT2D eigenvalue weighted by Crippen LogP contribution is -2.57. The lowest BCUT2D eigenvalue weighted by atomic mass is 9.85. The number of carbonyl (C=O) groups excluding carboxylic acids is 3. The van der Waals surface area contributed by atoms with E-state index in [4.69, 9.17) is 18.9 Å². The molecule has 0 bridgehead atoms. The molecule has 1 fully saturated rings. The molecule has 0 aliphatic carbocycles. The van der Waals surface area contributed by atoms with E-state index >= 15 is 0 Å². The molecule has 43 heavy (non-hydrogen) atoms. The maximum absolute atomic E-state index is 14.0. The lowest BCUT2D eigenvalue weighted by molar-refractivity contribution is -0.152. The Morgan fingerprint density at radius 1 is 1.12 bits per heavy atom. The third kappa shape index (κ3) is 8.49. The molecule has 2 amide bonds. The van der Waals surface area contributed by atoms with Gasteiger partial charge in [-0.05, 0) is 42.7 Å². The van der Waals surface area contributed by atoms with Crippen LogP contribution in [0.3, 0.4) is 0 Å². The van der Waals surface area contributed by atoms with Gasteiger partial charge in [-0.1, -0.05) is 47.5 Å². The summed E-state index contributed by atoms with van der Waals surface area (Å²) >= 11 is 0. The standard InChI is InChI=1S/C32H44N4O7/c1-10-11-12-13-24-28(34-25-16-21(40-8)14-15-23(25)33-24)43-22-17-26(30(38)41-9)36(18-22)29(37)27(32(5,6)7)35-31(39)42-20(4)19(2)3/h14-16,19-20,22,26-27H,10-11,17-18H2,1-9H3,(H,35,39)/t20-,22?,26+,27-/m1/s1. The van der Waals surface area contributed by atoms with Gasteiger partial charge in [-0.15, -0.1) is 0 Å². The average molecular weight is 597 g/mol. The van der Waals surface area contributed by atoms with Crippen molar-refractivity contribution in [3.05, 3.63) is 23.9 Å². The monoisotopic (exact) mass is 596 g/mol. The number of benzene rings is 1.